The highest BCUT2D eigenvalue weighted by Gasteiger charge is 2.28. The summed E-state index contributed by atoms with van der Waals surface area (Å²) in [6, 6.07) is 2.15. The van der Waals surface area contributed by atoms with Crippen LogP contribution in [0.1, 0.15) is 24.2 Å². The minimum absolute atomic E-state index is 0.313. The fourth-order valence-corrected chi connectivity index (χ4v) is 1.58. The van der Waals surface area contributed by atoms with Crippen LogP contribution in [-0.2, 0) is 0 Å². The number of benzene rings is 1. The van der Waals surface area contributed by atoms with E-state index in [0.29, 0.717) is 12.1 Å². The van der Waals surface area contributed by atoms with E-state index < -0.39 is 39.8 Å². The van der Waals surface area contributed by atoms with Gasteiger partial charge in [-0.2, -0.15) is 5.26 Å². The van der Waals surface area contributed by atoms with Crippen LogP contribution in [0.4, 0.5) is 14.5 Å². The number of carbonyl (C=O) groups is 1. The first-order valence-corrected chi connectivity index (χ1v) is 5.61. The Morgan fingerprint density at radius 1 is 1.45 bits per heavy atom. The van der Waals surface area contributed by atoms with Gasteiger partial charge in [0, 0.05) is 6.04 Å². The lowest BCUT2D eigenvalue weighted by Crippen LogP contribution is -2.37. The summed E-state index contributed by atoms with van der Waals surface area (Å²) in [7, 11) is 0. The lowest BCUT2D eigenvalue weighted by Gasteiger charge is -2.23. The van der Waals surface area contributed by atoms with E-state index in [1.165, 1.54) is 0 Å². The van der Waals surface area contributed by atoms with Crippen molar-refractivity contribution < 1.29 is 18.5 Å². The number of halogens is 2. The lowest BCUT2D eigenvalue weighted by molar-refractivity contribution is -0.385. The van der Waals surface area contributed by atoms with E-state index in [1.54, 1.807) is 19.9 Å². The first-order chi connectivity index (χ1) is 9.29. The number of nitro groups is 1. The van der Waals surface area contributed by atoms with Crippen molar-refractivity contribution >= 4 is 11.6 Å². The van der Waals surface area contributed by atoms with E-state index in [0.717, 1.165) is 4.90 Å². The molecule has 0 saturated heterocycles. The van der Waals surface area contributed by atoms with Crippen LogP contribution in [0.2, 0.25) is 0 Å². The molecule has 0 aromatic heterocycles. The summed E-state index contributed by atoms with van der Waals surface area (Å²) in [4.78, 5) is 23.0. The minimum Gasteiger partial charge on any atom is -0.323 e. The van der Waals surface area contributed by atoms with Gasteiger partial charge in [0.25, 0.3) is 11.6 Å². The highest BCUT2D eigenvalue weighted by atomic mass is 19.2. The topological polar surface area (TPSA) is 87.2 Å². The van der Waals surface area contributed by atoms with E-state index in [4.69, 9.17) is 5.26 Å². The largest absolute Gasteiger partial charge is 0.323 e. The lowest BCUT2D eigenvalue weighted by atomic mass is 10.1. The van der Waals surface area contributed by atoms with E-state index in [1.807, 2.05) is 0 Å². The van der Waals surface area contributed by atoms with Gasteiger partial charge < -0.3 is 4.90 Å². The summed E-state index contributed by atoms with van der Waals surface area (Å²) in [5.74, 6) is -3.67. The summed E-state index contributed by atoms with van der Waals surface area (Å²) < 4.78 is 26.2. The van der Waals surface area contributed by atoms with Crippen molar-refractivity contribution in [2.75, 3.05) is 6.54 Å². The molecule has 0 spiro atoms. The monoisotopic (exact) mass is 283 g/mol. The summed E-state index contributed by atoms with van der Waals surface area (Å²) >= 11 is 0. The Hall–Kier alpha value is -2.56. The summed E-state index contributed by atoms with van der Waals surface area (Å²) in [6.07, 6.45) is 0. The molecule has 0 aliphatic carbocycles. The Morgan fingerprint density at radius 2 is 2.00 bits per heavy atom. The minimum atomic E-state index is -1.41. The number of carbonyl (C=O) groups excluding carboxylic acids is 1. The van der Waals surface area contributed by atoms with Gasteiger partial charge in [0.1, 0.15) is 12.1 Å². The quantitative estimate of drug-likeness (QED) is 0.481. The molecule has 1 aromatic carbocycles. The van der Waals surface area contributed by atoms with E-state index in [9.17, 15) is 23.7 Å². The van der Waals surface area contributed by atoms with Crippen LogP contribution < -0.4 is 0 Å². The Kier molecular flexibility index (Phi) is 4.69. The molecular weight excluding hydrogens is 272 g/mol. The first-order valence-electron chi connectivity index (χ1n) is 5.61. The number of amides is 1. The second-order valence-electron chi connectivity index (χ2n) is 4.23. The molecule has 0 radical (unpaired) electrons. The number of hydrogen-bond acceptors (Lipinski definition) is 4. The second-order valence-corrected chi connectivity index (χ2v) is 4.23. The zero-order chi connectivity index (χ0) is 15.4. The second kappa shape index (κ2) is 6.06. The van der Waals surface area contributed by atoms with Crippen molar-refractivity contribution in [1.29, 1.82) is 5.26 Å². The maximum atomic E-state index is 13.2. The van der Waals surface area contributed by atoms with E-state index in [-0.39, 0.29) is 6.54 Å². The predicted octanol–water partition coefficient (Wildman–Crippen LogP) is 2.25. The van der Waals surface area contributed by atoms with Crippen LogP contribution in [0, 0.1) is 33.1 Å². The highest BCUT2D eigenvalue weighted by Crippen LogP contribution is 2.24. The molecule has 0 unspecified atom stereocenters. The molecule has 0 fully saturated rings. The number of hydrogen-bond donors (Lipinski definition) is 0. The van der Waals surface area contributed by atoms with Gasteiger partial charge in [0.15, 0.2) is 11.6 Å². The Labute approximate surface area is 113 Å². The molecule has 0 heterocycles. The third-order valence-electron chi connectivity index (χ3n) is 2.59. The Bertz CT molecular complexity index is 596. The van der Waals surface area contributed by atoms with Crippen LogP contribution in [0.5, 0.6) is 0 Å². The van der Waals surface area contributed by atoms with Crippen LogP contribution in [-0.4, -0.2) is 28.3 Å². The van der Waals surface area contributed by atoms with Crippen molar-refractivity contribution in [2.24, 2.45) is 0 Å². The van der Waals surface area contributed by atoms with Gasteiger partial charge in [0.05, 0.1) is 17.1 Å². The molecule has 0 aliphatic rings. The summed E-state index contributed by atoms with van der Waals surface area (Å²) in [5.41, 5.74) is -1.42. The maximum absolute atomic E-state index is 13.2. The Morgan fingerprint density at radius 3 is 2.45 bits per heavy atom. The van der Waals surface area contributed by atoms with Crippen molar-refractivity contribution in [3.63, 3.8) is 0 Å². The zero-order valence-electron chi connectivity index (χ0n) is 10.8. The first kappa shape index (κ1) is 15.5. The molecule has 0 bridgehead atoms. The fraction of sp³-hybridized carbons (Fsp3) is 0.333. The molecular formula is C12H11F2N3O3. The van der Waals surface area contributed by atoms with Gasteiger partial charge in [-0.3, -0.25) is 14.9 Å². The van der Waals surface area contributed by atoms with Gasteiger partial charge in [-0.05, 0) is 19.9 Å². The summed E-state index contributed by atoms with van der Waals surface area (Å²) in [6.45, 7) is 2.88. The summed E-state index contributed by atoms with van der Waals surface area (Å²) in [5, 5.41) is 19.5. The van der Waals surface area contributed by atoms with Gasteiger partial charge in [-0.25, -0.2) is 8.78 Å². The Balaban J connectivity index is 3.37. The molecule has 0 saturated carbocycles. The standard InChI is InChI=1S/C12H11F2N3O3/c1-7(2)16(4-3-15)12(18)8-5-9(13)10(14)6-11(8)17(19)20/h5-7H,4H2,1-2H3. The molecule has 8 heteroatoms. The van der Waals surface area contributed by atoms with Crippen LogP contribution in [0.3, 0.4) is 0 Å². The molecule has 106 valence electrons. The van der Waals surface area contributed by atoms with Crippen LogP contribution >= 0.6 is 0 Å². The van der Waals surface area contributed by atoms with Gasteiger partial charge >= 0.3 is 0 Å². The SMILES string of the molecule is CC(C)N(CC#N)C(=O)c1cc(F)c(F)cc1[N+](=O)[O-]. The molecule has 0 aliphatic heterocycles. The molecule has 6 nitrogen and oxygen atoms in total. The van der Waals surface area contributed by atoms with Gasteiger partial charge in [-0.1, -0.05) is 0 Å². The van der Waals surface area contributed by atoms with E-state index in [2.05, 4.69) is 0 Å². The van der Waals surface area contributed by atoms with E-state index >= 15 is 0 Å². The smallest absolute Gasteiger partial charge is 0.285 e. The maximum Gasteiger partial charge on any atom is 0.285 e. The normalized spacial score (nSPS) is 10.2. The average Bonchev–Trinajstić information content (AvgIpc) is 2.37. The zero-order valence-corrected chi connectivity index (χ0v) is 10.8. The highest BCUT2D eigenvalue weighted by molar-refractivity contribution is 5.98. The third kappa shape index (κ3) is 3.06. The number of nitro benzene ring substituents is 1. The average molecular weight is 283 g/mol. The van der Waals surface area contributed by atoms with Crippen molar-refractivity contribution in [3.8, 4) is 6.07 Å². The number of rotatable bonds is 4. The number of nitrogens with zero attached hydrogens (tertiary/aromatic N) is 3. The molecule has 0 atom stereocenters. The van der Waals surface area contributed by atoms with Crippen molar-refractivity contribution in [3.05, 3.63) is 39.4 Å². The molecule has 0 N–H and O–H groups in total. The van der Waals surface area contributed by atoms with Gasteiger partial charge in [0.2, 0.25) is 0 Å². The third-order valence-corrected chi connectivity index (χ3v) is 2.59. The fourth-order valence-electron chi connectivity index (χ4n) is 1.58. The van der Waals surface area contributed by atoms with Crippen LogP contribution in [0.15, 0.2) is 12.1 Å². The van der Waals surface area contributed by atoms with Crippen molar-refractivity contribution in [1.82, 2.24) is 4.90 Å². The molecule has 1 rings (SSSR count). The van der Waals surface area contributed by atoms with Gasteiger partial charge in [-0.15, -0.1) is 0 Å². The van der Waals surface area contributed by atoms with Crippen LogP contribution in [0.25, 0.3) is 0 Å². The van der Waals surface area contributed by atoms with Crippen molar-refractivity contribution in [2.45, 2.75) is 19.9 Å². The predicted molar refractivity (Wildman–Crippen MR) is 64.8 cm³/mol. The number of nitriles is 1. The molecule has 20 heavy (non-hydrogen) atoms. The molecule has 1 aromatic rings. The molecule has 1 amide bonds.